The maximum atomic E-state index is 12.4. The second-order valence-electron chi connectivity index (χ2n) is 6.77. The standard InChI is InChI=1S/C22H22F3N3O2/c1-2-16-13-26-21(27-14-16)28(12-11-17-3-7-19(29)8-4-17)15-18-5-9-20(10-6-18)30-22(23,24)25/h3-10,13-14,29H,2,11-12,15H2,1H3. The highest BCUT2D eigenvalue weighted by Crippen LogP contribution is 2.23. The third-order valence-corrected chi connectivity index (χ3v) is 4.52. The molecule has 0 aliphatic carbocycles. The van der Waals surface area contributed by atoms with E-state index >= 15 is 0 Å². The quantitative estimate of drug-likeness (QED) is 0.565. The summed E-state index contributed by atoms with van der Waals surface area (Å²) in [6.07, 6.45) is 0.349. The van der Waals surface area contributed by atoms with Gasteiger partial charge >= 0.3 is 6.36 Å². The van der Waals surface area contributed by atoms with Gasteiger partial charge in [-0.1, -0.05) is 31.2 Å². The molecule has 0 radical (unpaired) electrons. The minimum Gasteiger partial charge on any atom is -0.508 e. The van der Waals surface area contributed by atoms with Crippen molar-refractivity contribution in [2.24, 2.45) is 0 Å². The molecule has 1 aromatic heterocycles. The van der Waals surface area contributed by atoms with Gasteiger partial charge in [0.05, 0.1) is 0 Å². The fourth-order valence-corrected chi connectivity index (χ4v) is 2.89. The van der Waals surface area contributed by atoms with Crippen LogP contribution in [0, 0.1) is 0 Å². The van der Waals surface area contributed by atoms with E-state index in [0.717, 1.165) is 23.1 Å². The van der Waals surface area contributed by atoms with Gasteiger partial charge in [0, 0.05) is 25.5 Å². The Morgan fingerprint density at radius 1 is 0.900 bits per heavy atom. The van der Waals surface area contributed by atoms with Gasteiger partial charge in [0.25, 0.3) is 0 Å². The van der Waals surface area contributed by atoms with Gasteiger partial charge in [0.2, 0.25) is 5.95 Å². The molecule has 1 N–H and O–H groups in total. The molecule has 1 heterocycles. The number of aryl methyl sites for hydroxylation is 1. The number of phenols is 1. The Kier molecular flexibility index (Phi) is 6.76. The van der Waals surface area contributed by atoms with Crippen molar-refractivity contribution in [1.82, 2.24) is 9.97 Å². The fourth-order valence-electron chi connectivity index (χ4n) is 2.89. The lowest BCUT2D eigenvalue weighted by Crippen LogP contribution is -2.27. The molecule has 158 valence electrons. The van der Waals surface area contributed by atoms with Crippen LogP contribution < -0.4 is 9.64 Å². The average Bonchev–Trinajstić information content (AvgIpc) is 2.72. The Bertz CT molecular complexity index is 928. The van der Waals surface area contributed by atoms with Crippen LogP contribution in [0.15, 0.2) is 60.9 Å². The van der Waals surface area contributed by atoms with Crippen molar-refractivity contribution in [3.8, 4) is 11.5 Å². The van der Waals surface area contributed by atoms with E-state index < -0.39 is 6.36 Å². The summed E-state index contributed by atoms with van der Waals surface area (Å²) in [6, 6.07) is 12.7. The number of aromatic hydroxyl groups is 1. The molecule has 0 unspecified atom stereocenters. The van der Waals surface area contributed by atoms with Gasteiger partial charge in [-0.2, -0.15) is 0 Å². The lowest BCUT2D eigenvalue weighted by molar-refractivity contribution is -0.274. The van der Waals surface area contributed by atoms with Crippen molar-refractivity contribution in [2.45, 2.75) is 32.7 Å². The zero-order chi connectivity index (χ0) is 21.6. The Balaban J connectivity index is 1.75. The van der Waals surface area contributed by atoms with Crippen LogP contribution in [0.2, 0.25) is 0 Å². The van der Waals surface area contributed by atoms with E-state index in [2.05, 4.69) is 14.7 Å². The number of hydrogen-bond acceptors (Lipinski definition) is 5. The summed E-state index contributed by atoms with van der Waals surface area (Å²) in [6.45, 7) is 3.04. The average molecular weight is 417 g/mol. The number of alkyl halides is 3. The molecule has 5 nitrogen and oxygen atoms in total. The third kappa shape index (κ3) is 6.37. The van der Waals surface area contributed by atoms with Gasteiger partial charge in [-0.3, -0.25) is 0 Å². The van der Waals surface area contributed by atoms with Gasteiger partial charge in [-0.05, 0) is 53.8 Å². The molecule has 3 rings (SSSR count). The summed E-state index contributed by atoms with van der Waals surface area (Å²) in [5.41, 5.74) is 2.86. The monoisotopic (exact) mass is 417 g/mol. The maximum Gasteiger partial charge on any atom is 0.573 e. The lowest BCUT2D eigenvalue weighted by Gasteiger charge is -2.23. The van der Waals surface area contributed by atoms with E-state index in [9.17, 15) is 18.3 Å². The zero-order valence-electron chi connectivity index (χ0n) is 16.4. The van der Waals surface area contributed by atoms with Crippen LogP contribution in [-0.4, -0.2) is 28.0 Å². The van der Waals surface area contributed by atoms with Crippen molar-refractivity contribution in [1.29, 1.82) is 0 Å². The van der Waals surface area contributed by atoms with Crippen LogP contribution in [0.5, 0.6) is 11.5 Å². The summed E-state index contributed by atoms with van der Waals surface area (Å²) >= 11 is 0. The van der Waals surface area contributed by atoms with E-state index in [-0.39, 0.29) is 11.5 Å². The van der Waals surface area contributed by atoms with Gasteiger partial charge in [0.15, 0.2) is 0 Å². The number of nitrogens with zero attached hydrogens (tertiary/aromatic N) is 3. The number of hydrogen-bond donors (Lipinski definition) is 1. The Morgan fingerprint density at radius 2 is 1.50 bits per heavy atom. The number of aromatic nitrogens is 2. The van der Waals surface area contributed by atoms with Gasteiger partial charge in [0.1, 0.15) is 11.5 Å². The molecule has 0 saturated carbocycles. The summed E-state index contributed by atoms with van der Waals surface area (Å²) in [5.74, 6) is 0.488. The highest BCUT2D eigenvalue weighted by atomic mass is 19.4. The highest BCUT2D eigenvalue weighted by Gasteiger charge is 2.31. The van der Waals surface area contributed by atoms with Crippen molar-refractivity contribution in [2.75, 3.05) is 11.4 Å². The Labute approximate surface area is 172 Å². The maximum absolute atomic E-state index is 12.4. The number of rotatable bonds is 8. The Hall–Kier alpha value is -3.29. The van der Waals surface area contributed by atoms with Crippen LogP contribution >= 0.6 is 0 Å². The summed E-state index contributed by atoms with van der Waals surface area (Å²) < 4.78 is 41.0. The first-order valence-electron chi connectivity index (χ1n) is 9.51. The molecular weight excluding hydrogens is 395 g/mol. The largest absolute Gasteiger partial charge is 0.573 e. The first-order chi connectivity index (χ1) is 14.3. The number of halogens is 3. The second-order valence-corrected chi connectivity index (χ2v) is 6.77. The van der Waals surface area contributed by atoms with Crippen LogP contribution in [0.3, 0.4) is 0 Å². The van der Waals surface area contributed by atoms with Gasteiger partial charge in [-0.15, -0.1) is 13.2 Å². The topological polar surface area (TPSA) is 58.5 Å². The molecule has 0 fully saturated rings. The molecular formula is C22H22F3N3O2. The normalized spacial score (nSPS) is 11.3. The SMILES string of the molecule is CCc1cnc(N(CCc2ccc(O)cc2)Cc2ccc(OC(F)(F)F)cc2)nc1. The molecule has 0 saturated heterocycles. The fraction of sp³-hybridized carbons (Fsp3) is 0.273. The van der Waals surface area contributed by atoms with E-state index in [1.165, 1.54) is 12.1 Å². The molecule has 0 atom stereocenters. The van der Waals surface area contributed by atoms with Crippen molar-refractivity contribution < 1.29 is 23.0 Å². The van der Waals surface area contributed by atoms with Crippen LogP contribution in [-0.2, 0) is 19.4 Å². The molecule has 3 aromatic rings. The van der Waals surface area contributed by atoms with Crippen molar-refractivity contribution in [3.63, 3.8) is 0 Å². The summed E-state index contributed by atoms with van der Waals surface area (Å²) in [4.78, 5) is 10.8. The molecule has 0 bridgehead atoms. The van der Waals surface area contributed by atoms with Crippen LogP contribution in [0.1, 0.15) is 23.6 Å². The minimum absolute atomic E-state index is 0.204. The van der Waals surface area contributed by atoms with E-state index in [1.54, 1.807) is 36.7 Å². The molecule has 30 heavy (non-hydrogen) atoms. The summed E-state index contributed by atoms with van der Waals surface area (Å²) in [5, 5.41) is 9.44. The predicted octanol–water partition coefficient (Wildman–Crippen LogP) is 4.89. The van der Waals surface area contributed by atoms with Gasteiger partial charge < -0.3 is 14.7 Å². The predicted molar refractivity (Wildman–Crippen MR) is 107 cm³/mol. The zero-order valence-corrected chi connectivity index (χ0v) is 16.4. The first kappa shape index (κ1) is 21.4. The first-order valence-corrected chi connectivity index (χ1v) is 9.51. The van der Waals surface area contributed by atoms with Crippen molar-refractivity contribution >= 4 is 5.95 Å². The van der Waals surface area contributed by atoms with Crippen LogP contribution in [0.4, 0.5) is 19.1 Å². The van der Waals surface area contributed by atoms with Crippen molar-refractivity contribution in [3.05, 3.63) is 77.6 Å². The molecule has 8 heteroatoms. The van der Waals surface area contributed by atoms with E-state index in [4.69, 9.17) is 0 Å². The highest BCUT2D eigenvalue weighted by molar-refractivity contribution is 5.36. The Morgan fingerprint density at radius 3 is 2.07 bits per heavy atom. The molecule has 0 aliphatic heterocycles. The van der Waals surface area contributed by atoms with E-state index in [0.29, 0.717) is 25.5 Å². The summed E-state index contributed by atoms with van der Waals surface area (Å²) in [7, 11) is 0. The molecule has 2 aromatic carbocycles. The van der Waals surface area contributed by atoms with E-state index in [1.807, 2.05) is 24.0 Å². The smallest absolute Gasteiger partial charge is 0.508 e. The number of ether oxygens (including phenoxy) is 1. The molecule has 0 aliphatic rings. The lowest BCUT2D eigenvalue weighted by atomic mass is 10.1. The van der Waals surface area contributed by atoms with Gasteiger partial charge in [-0.25, -0.2) is 9.97 Å². The second kappa shape index (κ2) is 9.47. The number of phenolic OH excluding ortho intramolecular Hbond substituents is 1. The van der Waals surface area contributed by atoms with Crippen LogP contribution in [0.25, 0.3) is 0 Å². The molecule has 0 spiro atoms. The number of benzene rings is 2. The minimum atomic E-state index is -4.72. The number of anilines is 1. The molecule has 0 amide bonds. The third-order valence-electron chi connectivity index (χ3n) is 4.52.